The molecule has 1 aliphatic rings. The molecule has 1 saturated heterocycles. The molecule has 0 saturated carbocycles. The highest BCUT2D eigenvalue weighted by molar-refractivity contribution is 4.98. The number of nitrogens with one attached hydrogen (secondary N) is 1. The Morgan fingerprint density at radius 3 is 3.00 bits per heavy atom. The SMILES string of the molecule is CCC(C)(OC)c1nc(CC2CCCNC2)no1. The third-order valence-electron chi connectivity index (χ3n) is 3.92. The molecular weight excluding hydrogens is 230 g/mol. The van der Waals surface area contributed by atoms with E-state index in [2.05, 4.69) is 22.4 Å². The van der Waals surface area contributed by atoms with E-state index in [0.29, 0.717) is 11.8 Å². The molecule has 2 unspecified atom stereocenters. The zero-order valence-corrected chi connectivity index (χ0v) is 11.5. The maximum absolute atomic E-state index is 5.47. The first-order valence-corrected chi connectivity index (χ1v) is 6.77. The molecule has 0 bridgehead atoms. The minimum atomic E-state index is -0.462. The van der Waals surface area contributed by atoms with E-state index in [1.807, 2.05) is 6.92 Å². The first-order chi connectivity index (χ1) is 8.68. The van der Waals surface area contributed by atoms with Crippen LogP contribution in [0, 0.1) is 5.92 Å². The number of nitrogens with zero attached hydrogens (tertiary/aromatic N) is 2. The second-order valence-electron chi connectivity index (χ2n) is 5.22. The molecule has 1 aliphatic heterocycles. The summed E-state index contributed by atoms with van der Waals surface area (Å²) in [5, 5.41) is 7.48. The van der Waals surface area contributed by atoms with Crippen LogP contribution >= 0.6 is 0 Å². The van der Waals surface area contributed by atoms with Gasteiger partial charge in [0.2, 0.25) is 0 Å². The number of hydrogen-bond donors (Lipinski definition) is 1. The van der Waals surface area contributed by atoms with Crippen LogP contribution in [-0.2, 0) is 16.8 Å². The quantitative estimate of drug-likeness (QED) is 0.868. The standard InChI is InChI=1S/C13H23N3O2/c1-4-13(2,17-3)12-15-11(16-18-12)8-10-6-5-7-14-9-10/h10,14H,4-9H2,1-3H3. The van der Waals surface area contributed by atoms with E-state index in [9.17, 15) is 0 Å². The minimum absolute atomic E-state index is 0.462. The maximum Gasteiger partial charge on any atom is 0.258 e. The lowest BCUT2D eigenvalue weighted by molar-refractivity contribution is -0.0272. The highest BCUT2D eigenvalue weighted by atomic mass is 16.5. The molecule has 0 aromatic carbocycles. The van der Waals surface area contributed by atoms with E-state index in [1.165, 1.54) is 12.8 Å². The molecule has 0 aliphatic carbocycles. The van der Waals surface area contributed by atoms with Crippen molar-refractivity contribution in [2.75, 3.05) is 20.2 Å². The maximum atomic E-state index is 5.47. The third kappa shape index (κ3) is 2.90. The topological polar surface area (TPSA) is 60.2 Å². The Morgan fingerprint density at radius 2 is 2.39 bits per heavy atom. The largest absolute Gasteiger partial charge is 0.369 e. The second-order valence-corrected chi connectivity index (χ2v) is 5.22. The fourth-order valence-corrected chi connectivity index (χ4v) is 2.29. The van der Waals surface area contributed by atoms with E-state index in [4.69, 9.17) is 9.26 Å². The van der Waals surface area contributed by atoms with Crippen molar-refractivity contribution in [2.45, 2.75) is 45.1 Å². The first kappa shape index (κ1) is 13.5. The Kier molecular flexibility index (Phi) is 4.35. The Hall–Kier alpha value is -0.940. The molecule has 1 N–H and O–H groups in total. The lowest BCUT2D eigenvalue weighted by atomic mass is 9.96. The minimum Gasteiger partial charge on any atom is -0.369 e. The van der Waals surface area contributed by atoms with Gasteiger partial charge in [-0.25, -0.2) is 0 Å². The number of piperidine rings is 1. The van der Waals surface area contributed by atoms with E-state index in [-0.39, 0.29) is 0 Å². The lowest BCUT2D eigenvalue weighted by Gasteiger charge is -2.22. The molecule has 5 heteroatoms. The highest BCUT2D eigenvalue weighted by Gasteiger charge is 2.31. The summed E-state index contributed by atoms with van der Waals surface area (Å²) in [5.41, 5.74) is -0.462. The molecule has 2 heterocycles. The van der Waals surface area contributed by atoms with Gasteiger partial charge in [-0.2, -0.15) is 4.98 Å². The Morgan fingerprint density at radius 1 is 1.56 bits per heavy atom. The van der Waals surface area contributed by atoms with Crippen molar-refractivity contribution in [3.8, 4) is 0 Å². The molecule has 0 amide bonds. The molecule has 5 nitrogen and oxygen atoms in total. The zero-order chi connectivity index (χ0) is 13.0. The van der Waals surface area contributed by atoms with Gasteiger partial charge in [0.15, 0.2) is 5.82 Å². The van der Waals surface area contributed by atoms with Gasteiger partial charge in [-0.1, -0.05) is 12.1 Å². The summed E-state index contributed by atoms with van der Waals surface area (Å²) in [7, 11) is 1.68. The highest BCUT2D eigenvalue weighted by Crippen LogP contribution is 2.27. The van der Waals surface area contributed by atoms with Crippen molar-refractivity contribution in [3.63, 3.8) is 0 Å². The first-order valence-electron chi connectivity index (χ1n) is 6.77. The van der Waals surface area contributed by atoms with Gasteiger partial charge < -0.3 is 14.6 Å². The van der Waals surface area contributed by atoms with Gasteiger partial charge in [-0.05, 0) is 45.2 Å². The van der Waals surface area contributed by atoms with Crippen molar-refractivity contribution < 1.29 is 9.26 Å². The van der Waals surface area contributed by atoms with Crippen molar-refractivity contribution >= 4 is 0 Å². The normalized spacial score (nSPS) is 23.8. The molecule has 2 rings (SSSR count). The molecule has 102 valence electrons. The molecule has 0 radical (unpaired) electrons. The number of methoxy groups -OCH3 is 1. The Bertz CT molecular complexity index is 368. The van der Waals surface area contributed by atoms with Gasteiger partial charge in [0.25, 0.3) is 5.89 Å². The third-order valence-corrected chi connectivity index (χ3v) is 3.92. The Balaban J connectivity index is 2.01. The zero-order valence-electron chi connectivity index (χ0n) is 11.5. The van der Waals surface area contributed by atoms with Crippen LogP contribution in [0.4, 0.5) is 0 Å². The van der Waals surface area contributed by atoms with Crippen LogP contribution in [0.15, 0.2) is 4.52 Å². The fourth-order valence-electron chi connectivity index (χ4n) is 2.29. The summed E-state index contributed by atoms with van der Waals surface area (Å²) < 4.78 is 10.8. The fraction of sp³-hybridized carbons (Fsp3) is 0.846. The predicted octanol–water partition coefficient (Wildman–Crippen LogP) is 1.88. The van der Waals surface area contributed by atoms with Crippen LogP contribution in [0.1, 0.15) is 44.8 Å². The molecular formula is C13H23N3O2. The van der Waals surface area contributed by atoms with E-state index < -0.39 is 5.60 Å². The second kappa shape index (κ2) is 5.80. The smallest absolute Gasteiger partial charge is 0.258 e. The van der Waals surface area contributed by atoms with Crippen molar-refractivity contribution in [2.24, 2.45) is 5.92 Å². The van der Waals surface area contributed by atoms with Crippen LogP contribution in [-0.4, -0.2) is 30.3 Å². The molecule has 1 aromatic rings. The van der Waals surface area contributed by atoms with Gasteiger partial charge in [0.1, 0.15) is 5.60 Å². The Labute approximate surface area is 108 Å². The van der Waals surface area contributed by atoms with E-state index >= 15 is 0 Å². The van der Waals surface area contributed by atoms with Gasteiger partial charge >= 0.3 is 0 Å². The van der Waals surface area contributed by atoms with Gasteiger partial charge in [-0.3, -0.25) is 0 Å². The number of aromatic nitrogens is 2. The molecule has 0 spiro atoms. The van der Waals surface area contributed by atoms with Gasteiger partial charge in [0, 0.05) is 13.5 Å². The average Bonchev–Trinajstić information content (AvgIpc) is 2.88. The van der Waals surface area contributed by atoms with Crippen LogP contribution in [0.25, 0.3) is 0 Å². The predicted molar refractivity (Wildman–Crippen MR) is 68.2 cm³/mol. The summed E-state index contributed by atoms with van der Waals surface area (Å²) in [6.45, 7) is 6.22. The number of hydrogen-bond acceptors (Lipinski definition) is 5. The van der Waals surface area contributed by atoms with Crippen molar-refractivity contribution in [1.29, 1.82) is 0 Å². The van der Waals surface area contributed by atoms with Gasteiger partial charge in [-0.15, -0.1) is 0 Å². The van der Waals surface area contributed by atoms with E-state index in [1.54, 1.807) is 7.11 Å². The number of ether oxygens (including phenoxy) is 1. The summed E-state index contributed by atoms with van der Waals surface area (Å²) in [6.07, 6.45) is 4.18. The molecule has 1 aromatic heterocycles. The summed E-state index contributed by atoms with van der Waals surface area (Å²) in [4.78, 5) is 4.49. The molecule has 18 heavy (non-hydrogen) atoms. The van der Waals surface area contributed by atoms with Crippen molar-refractivity contribution in [3.05, 3.63) is 11.7 Å². The van der Waals surface area contributed by atoms with Crippen LogP contribution in [0.2, 0.25) is 0 Å². The van der Waals surface area contributed by atoms with Crippen molar-refractivity contribution in [1.82, 2.24) is 15.5 Å². The summed E-state index contributed by atoms with van der Waals surface area (Å²) in [5.74, 6) is 2.02. The van der Waals surface area contributed by atoms with Crippen LogP contribution in [0.5, 0.6) is 0 Å². The molecule has 1 fully saturated rings. The summed E-state index contributed by atoms with van der Waals surface area (Å²) in [6, 6.07) is 0. The average molecular weight is 253 g/mol. The summed E-state index contributed by atoms with van der Waals surface area (Å²) >= 11 is 0. The van der Waals surface area contributed by atoms with Gasteiger partial charge in [0.05, 0.1) is 0 Å². The molecule has 2 atom stereocenters. The van der Waals surface area contributed by atoms with E-state index in [0.717, 1.165) is 31.8 Å². The monoisotopic (exact) mass is 253 g/mol. The number of rotatable bonds is 5. The van der Waals surface area contributed by atoms with Crippen LogP contribution in [0.3, 0.4) is 0 Å². The lowest BCUT2D eigenvalue weighted by Crippen LogP contribution is -2.31. The van der Waals surface area contributed by atoms with Crippen LogP contribution < -0.4 is 5.32 Å².